The number of nitrogens with one attached hydrogen (secondary N) is 1. The molecule has 86 valence electrons. The van der Waals surface area contributed by atoms with Gasteiger partial charge in [0.1, 0.15) is 6.04 Å². The zero-order valence-corrected chi connectivity index (χ0v) is 9.03. The molecular weight excluding hydrogens is 198 g/mol. The van der Waals surface area contributed by atoms with Crippen molar-refractivity contribution in [3.8, 4) is 0 Å². The Balaban J connectivity index is 3.99. The molecule has 15 heavy (non-hydrogen) atoms. The fraction of sp³-hybridized carbons (Fsp3) is 0.600. The van der Waals surface area contributed by atoms with Crippen LogP contribution in [-0.4, -0.2) is 29.8 Å². The molecule has 0 saturated carbocycles. The predicted octanol–water partition coefficient (Wildman–Crippen LogP) is 1.40. The first kappa shape index (κ1) is 13.5. The normalized spacial score (nSPS) is 11.9. The van der Waals surface area contributed by atoms with Crippen molar-refractivity contribution in [1.29, 1.82) is 0 Å². The van der Waals surface area contributed by atoms with Gasteiger partial charge in [0.25, 0.3) is 0 Å². The second-order valence-electron chi connectivity index (χ2n) is 3.55. The molecule has 0 aliphatic carbocycles. The number of ether oxygens (including phenoxy) is 1. The number of alkyl carbamates (subject to hydrolysis) is 1. The van der Waals surface area contributed by atoms with E-state index in [-0.39, 0.29) is 18.9 Å². The number of aliphatic carboxylic acids is 1. The molecule has 5 nitrogen and oxygen atoms in total. The van der Waals surface area contributed by atoms with Crippen molar-refractivity contribution < 1.29 is 19.4 Å². The fourth-order valence-corrected chi connectivity index (χ4v) is 0.814. The molecule has 0 aliphatic rings. The Morgan fingerprint density at radius 1 is 1.53 bits per heavy atom. The Bertz CT molecular complexity index is 238. The van der Waals surface area contributed by atoms with E-state index in [0.29, 0.717) is 0 Å². The smallest absolute Gasteiger partial charge is 0.407 e. The second-order valence-corrected chi connectivity index (χ2v) is 3.55. The highest BCUT2D eigenvalue weighted by Gasteiger charge is 2.18. The van der Waals surface area contributed by atoms with Gasteiger partial charge in [0, 0.05) is 0 Å². The van der Waals surface area contributed by atoms with E-state index in [4.69, 9.17) is 9.84 Å². The maximum absolute atomic E-state index is 11.1. The summed E-state index contributed by atoms with van der Waals surface area (Å²) in [7, 11) is 0. The largest absolute Gasteiger partial charge is 0.480 e. The third kappa shape index (κ3) is 6.54. The third-order valence-electron chi connectivity index (χ3n) is 1.54. The minimum atomic E-state index is -1.10. The van der Waals surface area contributed by atoms with Gasteiger partial charge in [-0.2, -0.15) is 0 Å². The van der Waals surface area contributed by atoms with Crippen LogP contribution in [0.15, 0.2) is 12.7 Å². The highest BCUT2D eigenvalue weighted by molar-refractivity contribution is 5.80. The maximum Gasteiger partial charge on any atom is 0.407 e. The molecule has 0 aromatic rings. The molecule has 0 aromatic heterocycles. The molecule has 0 aliphatic heterocycles. The Morgan fingerprint density at radius 2 is 2.13 bits per heavy atom. The quantitative estimate of drug-likeness (QED) is 0.656. The highest BCUT2D eigenvalue weighted by atomic mass is 16.5. The standard InChI is InChI=1S/C10H17NO4/c1-4-5-8(9(12)13)11-10(14)15-6-7(2)3/h4,7-8H,1,5-6H2,2-3H3,(H,11,14)(H,12,13). The lowest BCUT2D eigenvalue weighted by Crippen LogP contribution is -2.41. The van der Waals surface area contributed by atoms with Gasteiger partial charge in [0.2, 0.25) is 0 Å². The number of rotatable bonds is 6. The molecule has 0 heterocycles. The SMILES string of the molecule is C=CCC(NC(=O)OCC(C)C)C(=O)O. The molecule has 0 fully saturated rings. The summed E-state index contributed by atoms with van der Waals surface area (Å²) in [6.45, 7) is 7.47. The zero-order valence-electron chi connectivity index (χ0n) is 9.03. The number of hydrogen-bond donors (Lipinski definition) is 2. The van der Waals surface area contributed by atoms with Crippen LogP contribution in [0.25, 0.3) is 0 Å². The summed E-state index contributed by atoms with van der Waals surface area (Å²) in [6.07, 6.45) is 0.895. The first-order chi connectivity index (χ1) is 6.97. The average molecular weight is 215 g/mol. The number of carbonyl (C=O) groups is 2. The Hall–Kier alpha value is -1.52. The molecule has 0 rings (SSSR count). The van der Waals surface area contributed by atoms with Crippen molar-refractivity contribution in [3.63, 3.8) is 0 Å². The molecule has 5 heteroatoms. The van der Waals surface area contributed by atoms with Gasteiger partial charge in [-0.3, -0.25) is 0 Å². The summed E-state index contributed by atoms with van der Waals surface area (Å²) in [6, 6.07) is -0.970. The van der Waals surface area contributed by atoms with Crippen LogP contribution in [0.4, 0.5) is 4.79 Å². The minimum Gasteiger partial charge on any atom is -0.480 e. The molecule has 0 bridgehead atoms. The van der Waals surface area contributed by atoms with Crippen LogP contribution in [0.2, 0.25) is 0 Å². The summed E-state index contributed by atoms with van der Waals surface area (Å²) in [5.74, 6) is -0.880. The number of amides is 1. The number of carboxylic acid groups (broad SMARTS) is 1. The van der Waals surface area contributed by atoms with Crippen molar-refractivity contribution in [3.05, 3.63) is 12.7 Å². The van der Waals surface area contributed by atoms with E-state index in [0.717, 1.165) is 0 Å². The number of carbonyl (C=O) groups excluding carboxylic acids is 1. The van der Waals surface area contributed by atoms with E-state index in [1.54, 1.807) is 0 Å². The van der Waals surface area contributed by atoms with E-state index < -0.39 is 18.1 Å². The molecule has 2 N–H and O–H groups in total. The van der Waals surface area contributed by atoms with E-state index >= 15 is 0 Å². The summed E-state index contributed by atoms with van der Waals surface area (Å²) in [4.78, 5) is 21.8. The van der Waals surface area contributed by atoms with Gasteiger partial charge < -0.3 is 15.2 Å². The Labute approximate surface area is 89.1 Å². The molecule has 0 saturated heterocycles. The van der Waals surface area contributed by atoms with Crippen LogP contribution < -0.4 is 5.32 Å². The highest BCUT2D eigenvalue weighted by Crippen LogP contribution is 1.96. The molecule has 1 amide bonds. The van der Waals surface area contributed by atoms with Crippen molar-refractivity contribution in [1.82, 2.24) is 5.32 Å². The molecule has 1 unspecified atom stereocenters. The van der Waals surface area contributed by atoms with Gasteiger partial charge in [0.05, 0.1) is 6.61 Å². The molecule has 0 aromatic carbocycles. The van der Waals surface area contributed by atoms with Gasteiger partial charge in [-0.15, -0.1) is 6.58 Å². The molecule has 0 spiro atoms. The van der Waals surface area contributed by atoms with Crippen LogP contribution >= 0.6 is 0 Å². The first-order valence-electron chi connectivity index (χ1n) is 4.74. The van der Waals surface area contributed by atoms with Gasteiger partial charge in [-0.1, -0.05) is 19.9 Å². The summed E-state index contributed by atoms with van der Waals surface area (Å²) < 4.78 is 4.78. The average Bonchev–Trinajstić information content (AvgIpc) is 2.14. The van der Waals surface area contributed by atoms with Crippen LogP contribution in [0.5, 0.6) is 0 Å². The lowest BCUT2D eigenvalue weighted by Gasteiger charge is -2.13. The lowest BCUT2D eigenvalue weighted by molar-refractivity contribution is -0.139. The minimum absolute atomic E-state index is 0.173. The predicted molar refractivity (Wildman–Crippen MR) is 55.6 cm³/mol. The van der Waals surface area contributed by atoms with Crippen LogP contribution in [0.3, 0.4) is 0 Å². The van der Waals surface area contributed by atoms with E-state index in [1.165, 1.54) is 6.08 Å². The number of carboxylic acids is 1. The summed E-state index contributed by atoms with van der Waals surface area (Å²) in [5, 5.41) is 11.0. The van der Waals surface area contributed by atoms with Crippen LogP contribution in [0.1, 0.15) is 20.3 Å². The summed E-state index contributed by atoms with van der Waals surface area (Å²) in [5.41, 5.74) is 0. The molecule has 1 atom stereocenters. The van der Waals surface area contributed by atoms with Crippen molar-refractivity contribution in [2.75, 3.05) is 6.61 Å². The van der Waals surface area contributed by atoms with Crippen LogP contribution in [0, 0.1) is 5.92 Å². The third-order valence-corrected chi connectivity index (χ3v) is 1.54. The lowest BCUT2D eigenvalue weighted by atomic mass is 10.2. The van der Waals surface area contributed by atoms with Gasteiger partial charge in [0.15, 0.2) is 0 Å². The zero-order chi connectivity index (χ0) is 11.8. The maximum atomic E-state index is 11.1. The second kappa shape index (κ2) is 6.86. The van der Waals surface area contributed by atoms with Crippen molar-refractivity contribution >= 4 is 12.1 Å². The van der Waals surface area contributed by atoms with E-state index in [9.17, 15) is 9.59 Å². The van der Waals surface area contributed by atoms with Gasteiger partial charge in [-0.25, -0.2) is 9.59 Å². The summed E-state index contributed by atoms with van der Waals surface area (Å²) >= 11 is 0. The number of hydrogen-bond acceptors (Lipinski definition) is 3. The van der Waals surface area contributed by atoms with E-state index in [2.05, 4.69) is 11.9 Å². The Kier molecular flexibility index (Phi) is 6.17. The topological polar surface area (TPSA) is 75.6 Å². The van der Waals surface area contributed by atoms with Crippen molar-refractivity contribution in [2.45, 2.75) is 26.3 Å². The van der Waals surface area contributed by atoms with Crippen molar-refractivity contribution in [2.24, 2.45) is 5.92 Å². The van der Waals surface area contributed by atoms with Gasteiger partial charge >= 0.3 is 12.1 Å². The van der Waals surface area contributed by atoms with E-state index in [1.807, 2.05) is 13.8 Å². The molecule has 0 radical (unpaired) electrons. The van der Waals surface area contributed by atoms with Gasteiger partial charge in [-0.05, 0) is 12.3 Å². The Morgan fingerprint density at radius 3 is 2.53 bits per heavy atom. The fourth-order valence-electron chi connectivity index (χ4n) is 0.814. The molecular formula is C10H17NO4. The van der Waals surface area contributed by atoms with Crippen LogP contribution in [-0.2, 0) is 9.53 Å². The monoisotopic (exact) mass is 215 g/mol. The first-order valence-corrected chi connectivity index (χ1v) is 4.74.